The Morgan fingerprint density at radius 1 is 1.21 bits per heavy atom. The minimum Gasteiger partial charge on any atom is -0.481 e. The Bertz CT molecular complexity index is 757. The van der Waals surface area contributed by atoms with E-state index in [1.165, 1.54) is 6.92 Å². The first-order valence-corrected chi connectivity index (χ1v) is 8.22. The van der Waals surface area contributed by atoms with Gasteiger partial charge in [-0.3, -0.25) is 14.4 Å². The summed E-state index contributed by atoms with van der Waals surface area (Å²) in [6, 6.07) is 3.22. The molecule has 0 aliphatic heterocycles. The van der Waals surface area contributed by atoms with Gasteiger partial charge in [0.15, 0.2) is 11.5 Å². The summed E-state index contributed by atoms with van der Waals surface area (Å²) in [5.74, 6) is -1.75. The number of furan rings is 1. The molecule has 2 bridgehead atoms. The maximum atomic E-state index is 12.7. The molecular formula is C18H19NO5. The van der Waals surface area contributed by atoms with Crippen molar-refractivity contribution in [2.75, 3.05) is 0 Å². The van der Waals surface area contributed by atoms with Crippen molar-refractivity contribution in [3.8, 4) is 0 Å². The number of carbonyl (C=O) groups is 3. The van der Waals surface area contributed by atoms with E-state index in [0.29, 0.717) is 5.76 Å². The first-order valence-electron chi connectivity index (χ1n) is 8.22. The van der Waals surface area contributed by atoms with Gasteiger partial charge in [0.2, 0.25) is 5.91 Å². The Morgan fingerprint density at radius 3 is 2.42 bits per heavy atom. The van der Waals surface area contributed by atoms with E-state index in [2.05, 4.69) is 5.32 Å². The molecule has 0 radical (unpaired) electrons. The summed E-state index contributed by atoms with van der Waals surface area (Å²) in [5.41, 5.74) is 0.0115. The SMILES string of the molecule is CC(=O)c1ccc(CNC(=O)[C@H]2[C@H](C(=O)O)[C@H]3C=C[C@@H]2C32CC2)o1. The molecule has 1 spiro atoms. The predicted octanol–water partition coefficient (Wildman–Crippen LogP) is 2.01. The molecule has 0 aromatic carbocycles. The maximum absolute atomic E-state index is 12.7. The molecule has 126 valence electrons. The molecule has 1 aromatic rings. The van der Waals surface area contributed by atoms with Crippen LogP contribution in [0.4, 0.5) is 0 Å². The summed E-state index contributed by atoms with van der Waals surface area (Å²) in [6.07, 6.45) is 6.03. The fraction of sp³-hybridized carbons (Fsp3) is 0.500. The van der Waals surface area contributed by atoms with Crippen LogP contribution in [-0.2, 0) is 16.1 Å². The zero-order valence-corrected chi connectivity index (χ0v) is 13.3. The highest BCUT2D eigenvalue weighted by atomic mass is 16.4. The third-order valence-electron chi connectivity index (χ3n) is 5.87. The highest BCUT2D eigenvalue weighted by Gasteiger charge is 2.70. The Balaban J connectivity index is 1.48. The fourth-order valence-electron chi connectivity index (χ4n) is 4.64. The van der Waals surface area contributed by atoms with Crippen molar-refractivity contribution in [3.63, 3.8) is 0 Å². The van der Waals surface area contributed by atoms with E-state index in [0.717, 1.165) is 12.8 Å². The van der Waals surface area contributed by atoms with Crippen LogP contribution in [0, 0.1) is 29.1 Å². The second kappa shape index (κ2) is 5.06. The van der Waals surface area contributed by atoms with Crippen LogP contribution in [0.2, 0.25) is 0 Å². The average molecular weight is 329 g/mol. The minimum absolute atomic E-state index is 0.0115. The Morgan fingerprint density at radius 2 is 1.88 bits per heavy atom. The quantitative estimate of drug-likeness (QED) is 0.636. The van der Waals surface area contributed by atoms with Crippen molar-refractivity contribution in [2.45, 2.75) is 26.3 Å². The molecule has 2 fully saturated rings. The molecule has 3 aliphatic rings. The van der Waals surface area contributed by atoms with Crippen LogP contribution in [-0.4, -0.2) is 22.8 Å². The van der Waals surface area contributed by atoms with Crippen molar-refractivity contribution in [1.82, 2.24) is 5.32 Å². The lowest BCUT2D eigenvalue weighted by atomic mass is 9.82. The number of Topliss-reactive ketones (excluding diaryl/α,β-unsaturated/α-hetero) is 1. The number of hydrogen-bond donors (Lipinski definition) is 2. The van der Waals surface area contributed by atoms with Crippen molar-refractivity contribution in [3.05, 3.63) is 35.8 Å². The largest absolute Gasteiger partial charge is 0.481 e. The van der Waals surface area contributed by atoms with Gasteiger partial charge in [-0.05, 0) is 42.2 Å². The van der Waals surface area contributed by atoms with Crippen molar-refractivity contribution >= 4 is 17.7 Å². The second-order valence-corrected chi connectivity index (χ2v) is 7.10. The number of carbonyl (C=O) groups excluding carboxylic acids is 2. The van der Waals surface area contributed by atoms with Gasteiger partial charge in [0.25, 0.3) is 0 Å². The van der Waals surface area contributed by atoms with Gasteiger partial charge in [0.1, 0.15) is 5.76 Å². The average Bonchev–Trinajstić information content (AvgIpc) is 2.95. The highest BCUT2D eigenvalue weighted by molar-refractivity contribution is 5.91. The molecule has 6 heteroatoms. The zero-order valence-electron chi connectivity index (χ0n) is 13.3. The molecule has 1 heterocycles. The normalized spacial score (nSPS) is 31.4. The van der Waals surface area contributed by atoms with Crippen LogP contribution in [0.15, 0.2) is 28.7 Å². The van der Waals surface area contributed by atoms with Gasteiger partial charge in [-0.15, -0.1) is 0 Å². The van der Waals surface area contributed by atoms with E-state index >= 15 is 0 Å². The number of amides is 1. The van der Waals surface area contributed by atoms with Gasteiger partial charge in [-0.2, -0.15) is 0 Å². The summed E-state index contributed by atoms with van der Waals surface area (Å²) in [7, 11) is 0. The number of carboxylic acids is 1. The number of rotatable bonds is 5. The standard InChI is InChI=1S/C18H19NO5/c1-9(20)13-5-2-10(24-13)8-19-16(21)14-11-3-4-12(15(14)17(22)23)18(11)6-7-18/h2-5,11-12,14-15H,6-8H2,1H3,(H,19,21)(H,22,23)/t11-,12+,14+,15+/m0/s1. The minimum atomic E-state index is -0.893. The van der Waals surface area contributed by atoms with Crippen molar-refractivity contribution in [1.29, 1.82) is 0 Å². The van der Waals surface area contributed by atoms with E-state index in [1.54, 1.807) is 12.1 Å². The van der Waals surface area contributed by atoms with Crippen LogP contribution >= 0.6 is 0 Å². The lowest BCUT2D eigenvalue weighted by molar-refractivity contribution is -0.147. The van der Waals surface area contributed by atoms with Gasteiger partial charge in [-0.25, -0.2) is 0 Å². The van der Waals surface area contributed by atoms with Crippen LogP contribution in [0.5, 0.6) is 0 Å². The Labute approximate surface area is 138 Å². The molecule has 0 unspecified atom stereocenters. The highest BCUT2D eigenvalue weighted by Crippen LogP contribution is 2.71. The third kappa shape index (κ3) is 2.05. The number of aliphatic carboxylic acids is 1. The lowest BCUT2D eigenvalue weighted by Crippen LogP contribution is -2.39. The number of nitrogens with one attached hydrogen (secondary N) is 1. The predicted molar refractivity (Wildman–Crippen MR) is 83.0 cm³/mol. The number of allylic oxidation sites excluding steroid dienone is 2. The summed E-state index contributed by atoms with van der Waals surface area (Å²) in [4.78, 5) is 35.6. The summed E-state index contributed by atoms with van der Waals surface area (Å²) in [6.45, 7) is 1.57. The monoisotopic (exact) mass is 329 g/mol. The van der Waals surface area contributed by atoms with E-state index in [1.807, 2.05) is 12.2 Å². The topological polar surface area (TPSA) is 96.6 Å². The van der Waals surface area contributed by atoms with Gasteiger partial charge < -0.3 is 14.8 Å². The van der Waals surface area contributed by atoms with Crippen LogP contribution < -0.4 is 5.32 Å². The molecule has 4 rings (SSSR count). The number of ketones is 1. The third-order valence-corrected chi connectivity index (χ3v) is 5.87. The van der Waals surface area contributed by atoms with Gasteiger partial charge in [-0.1, -0.05) is 12.2 Å². The molecule has 4 atom stereocenters. The maximum Gasteiger partial charge on any atom is 0.307 e. The molecule has 1 aromatic heterocycles. The van der Waals surface area contributed by atoms with Crippen LogP contribution in [0.1, 0.15) is 36.1 Å². The van der Waals surface area contributed by atoms with E-state index in [4.69, 9.17) is 4.42 Å². The zero-order chi connectivity index (χ0) is 17.1. The van der Waals surface area contributed by atoms with Gasteiger partial charge in [0, 0.05) is 6.92 Å². The molecule has 2 saturated carbocycles. The van der Waals surface area contributed by atoms with E-state index in [9.17, 15) is 19.5 Å². The first-order chi connectivity index (χ1) is 11.4. The molecule has 6 nitrogen and oxygen atoms in total. The summed E-state index contributed by atoms with van der Waals surface area (Å²) < 4.78 is 5.35. The summed E-state index contributed by atoms with van der Waals surface area (Å²) in [5, 5.41) is 12.4. The molecular weight excluding hydrogens is 310 g/mol. The van der Waals surface area contributed by atoms with Crippen LogP contribution in [0.3, 0.4) is 0 Å². The van der Waals surface area contributed by atoms with Crippen molar-refractivity contribution < 1.29 is 23.9 Å². The lowest BCUT2D eigenvalue weighted by Gasteiger charge is -2.23. The van der Waals surface area contributed by atoms with E-state index < -0.39 is 17.8 Å². The van der Waals surface area contributed by atoms with Crippen LogP contribution in [0.25, 0.3) is 0 Å². The fourth-order valence-corrected chi connectivity index (χ4v) is 4.64. The van der Waals surface area contributed by atoms with E-state index in [-0.39, 0.29) is 41.2 Å². The number of carboxylic acid groups (broad SMARTS) is 1. The summed E-state index contributed by atoms with van der Waals surface area (Å²) >= 11 is 0. The number of hydrogen-bond acceptors (Lipinski definition) is 4. The molecule has 0 saturated heterocycles. The Hall–Kier alpha value is -2.37. The van der Waals surface area contributed by atoms with Crippen molar-refractivity contribution in [2.24, 2.45) is 29.1 Å². The first kappa shape index (κ1) is 15.2. The smallest absolute Gasteiger partial charge is 0.307 e. The molecule has 3 aliphatic carbocycles. The molecule has 2 N–H and O–H groups in total. The van der Waals surface area contributed by atoms with Gasteiger partial charge >= 0.3 is 5.97 Å². The molecule has 24 heavy (non-hydrogen) atoms. The molecule has 1 amide bonds. The van der Waals surface area contributed by atoms with Gasteiger partial charge in [0.05, 0.1) is 18.4 Å². The Kier molecular flexibility index (Phi) is 3.20. The second-order valence-electron chi connectivity index (χ2n) is 7.10.